The Kier molecular flexibility index (Phi) is 14.5. The van der Waals surface area contributed by atoms with Crippen LogP contribution >= 0.6 is 11.8 Å². The molecule has 1 amide bonds. The van der Waals surface area contributed by atoms with Crippen LogP contribution in [0.2, 0.25) is 0 Å². The number of hydrogen-bond donors (Lipinski definition) is 1. The molecule has 0 unspecified atom stereocenters. The van der Waals surface area contributed by atoms with E-state index < -0.39 is 0 Å². The molecule has 3 nitrogen and oxygen atoms in total. The Balaban J connectivity index is 1.80. The summed E-state index contributed by atoms with van der Waals surface area (Å²) in [6, 6.07) is 5.76. The average molecular weight is 365 g/mol. The Hall–Kier alpha value is -1.03. The summed E-state index contributed by atoms with van der Waals surface area (Å²) in [5.74, 6) is 0.564. The lowest BCUT2D eigenvalue weighted by Gasteiger charge is -2.05. The summed E-state index contributed by atoms with van der Waals surface area (Å²) < 4.78 is 0. The average Bonchev–Trinajstić information content (AvgIpc) is 2.64. The van der Waals surface area contributed by atoms with Crippen LogP contribution in [0.4, 0.5) is 0 Å². The van der Waals surface area contributed by atoms with Gasteiger partial charge in [-0.15, -0.1) is 0 Å². The van der Waals surface area contributed by atoms with Gasteiger partial charge >= 0.3 is 0 Å². The van der Waals surface area contributed by atoms with Gasteiger partial charge in [-0.2, -0.15) is 0 Å². The van der Waals surface area contributed by atoms with Crippen molar-refractivity contribution in [3.8, 4) is 0 Å². The number of carbonyl (C=O) groups is 1. The number of nitrogens with one attached hydrogen (secondary N) is 1. The Morgan fingerprint density at radius 1 is 0.920 bits per heavy atom. The molecule has 0 bridgehead atoms. The highest BCUT2D eigenvalue weighted by Gasteiger charge is 2.02. The molecule has 1 rings (SSSR count). The molecule has 0 aliphatic carbocycles. The van der Waals surface area contributed by atoms with Crippen LogP contribution in [0, 0.1) is 0 Å². The number of hydrogen-bond acceptors (Lipinski definition) is 3. The first-order valence-corrected chi connectivity index (χ1v) is 11.1. The predicted molar refractivity (Wildman–Crippen MR) is 109 cm³/mol. The first kappa shape index (κ1) is 22.0. The van der Waals surface area contributed by atoms with E-state index in [0.29, 0.717) is 5.75 Å². The van der Waals surface area contributed by atoms with Gasteiger partial charge in [0, 0.05) is 12.7 Å². The van der Waals surface area contributed by atoms with Crippen LogP contribution in [-0.4, -0.2) is 23.2 Å². The van der Waals surface area contributed by atoms with Crippen LogP contribution < -0.4 is 5.32 Å². The minimum atomic E-state index is 0.110. The van der Waals surface area contributed by atoms with Gasteiger partial charge in [-0.3, -0.25) is 4.79 Å². The smallest absolute Gasteiger partial charge is 0.230 e. The fourth-order valence-electron chi connectivity index (χ4n) is 2.82. The van der Waals surface area contributed by atoms with Gasteiger partial charge in [0.25, 0.3) is 0 Å². The van der Waals surface area contributed by atoms with Gasteiger partial charge in [-0.25, -0.2) is 4.98 Å². The molecule has 0 aliphatic rings. The Morgan fingerprint density at radius 3 is 2.08 bits per heavy atom. The van der Waals surface area contributed by atoms with Crippen LogP contribution in [-0.2, 0) is 4.79 Å². The van der Waals surface area contributed by atoms with E-state index in [1.54, 1.807) is 6.20 Å². The maximum Gasteiger partial charge on any atom is 0.230 e. The Morgan fingerprint density at radius 2 is 1.52 bits per heavy atom. The summed E-state index contributed by atoms with van der Waals surface area (Å²) >= 11 is 1.49. The lowest BCUT2D eigenvalue weighted by molar-refractivity contribution is -0.118. The zero-order valence-corrected chi connectivity index (χ0v) is 16.8. The number of thioether (sulfide) groups is 1. The fraction of sp³-hybridized carbons (Fsp3) is 0.714. The maximum atomic E-state index is 11.8. The lowest BCUT2D eigenvalue weighted by atomic mass is 10.1. The van der Waals surface area contributed by atoms with Gasteiger partial charge < -0.3 is 5.32 Å². The molecule has 0 saturated carbocycles. The first-order valence-electron chi connectivity index (χ1n) is 10.1. The molecule has 0 fully saturated rings. The molecule has 1 N–H and O–H groups in total. The van der Waals surface area contributed by atoms with Crippen molar-refractivity contribution in [2.45, 2.75) is 89.0 Å². The zero-order chi connectivity index (χ0) is 18.0. The van der Waals surface area contributed by atoms with E-state index in [0.717, 1.165) is 18.0 Å². The summed E-state index contributed by atoms with van der Waals surface area (Å²) in [7, 11) is 0. The highest BCUT2D eigenvalue weighted by molar-refractivity contribution is 7.99. The third kappa shape index (κ3) is 13.9. The van der Waals surface area contributed by atoms with Crippen LogP contribution in [0.1, 0.15) is 84.0 Å². The van der Waals surface area contributed by atoms with Crippen molar-refractivity contribution in [3.63, 3.8) is 0 Å². The second-order valence-electron chi connectivity index (χ2n) is 6.70. The van der Waals surface area contributed by atoms with E-state index >= 15 is 0 Å². The minimum Gasteiger partial charge on any atom is -0.355 e. The predicted octanol–water partition coefficient (Wildman–Crippen LogP) is 5.99. The highest BCUT2D eigenvalue weighted by Crippen LogP contribution is 2.13. The van der Waals surface area contributed by atoms with Crippen molar-refractivity contribution in [2.24, 2.45) is 0 Å². The van der Waals surface area contributed by atoms with Crippen molar-refractivity contribution in [2.75, 3.05) is 12.3 Å². The fourth-order valence-corrected chi connectivity index (χ4v) is 3.51. The normalized spacial score (nSPS) is 10.8. The first-order chi connectivity index (χ1) is 12.3. The number of nitrogens with zero attached hydrogens (tertiary/aromatic N) is 1. The van der Waals surface area contributed by atoms with Crippen molar-refractivity contribution in [1.82, 2.24) is 10.3 Å². The molecular formula is C21H36N2OS. The van der Waals surface area contributed by atoms with Crippen molar-refractivity contribution in [3.05, 3.63) is 24.4 Å². The van der Waals surface area contributed by atoms with Gasteiger partial charge in [-0.1, -0.05) is 95.4 Å². The van der Waals surface area contributed by atoms with Crippen LogP contribution in [0.25, 0.3) is 0 Å². The van der Waals surface area contributed by atoms with Gasteiger partial charge in [0.1, 0.15) is 0 Å². The molecule has 0 radical (unpaired) electrons. The van der Waals surface area contributed by atoms with Gasteiger partial charge in [0.15, 0.2) is 0 Å². The third-order valence-corrected chi connectivity index (χ3v) is 5.29. The molecule has 142 valence electrons. The van der Waals surface area contributed by atoms with E-state index in [1.165, 1.54) is 82.4 Å². The quantitative estimate of drug-likeness (QED) is 0.289. The summed E-state index contributed by atoms with van der Waals surface area (Å²) in [4.78, 5) is 16.0. The van der Waals surface area contributed by atoms with Crippen molar-refractivity contribution < 1.29 is 4.79 Å². The summed E-state index contributed by atoms with van der Waals surface area (Å²) in [6.07, 6.45) is 17.9. The number of rotatable bonds is 16. The number of unbranched alkanes of at least 4 members (excludes halogenated alkanes) is 11. The molecule has 1 aromatic rings. The van der Waals surface area contributed by atoms with Gasteiger partial charge in [0.2, 0.25) is 5.91 Å². The molecular weight excluding hydrogens is 328 g/mol. The van der Waals surface area contributed by atoms with E-state index in [4.69, 9.17) is 0 Å². The Bertz CT molecular complexity index is 425. The number of carbonyl (C=O) groups excluding carboxylic acids is 1. The molecule has 1 aromatic heterocycles. The van der Waals surface area contributed by atoms with Gasteiger partial charge in [0.05, 0.1) is 10.8 Å². The van der Waals surface area contributed by atoms with E-state index in [2.05, 4.69) is 17.2 Å². The summed E-state index contributed by atoms with van der Waals surface area (Å²) in [5, 5.41) is 3.91. The molecule has 0 atom stereocenters. The van der Waals surface area contributed by atoms with Crippen LogP contribution in [0.15, 0.2) is 29.4 Å². The van der Waals surface area contributed by atoms with Crippen LogP contribution in [0.5, 0.6) is 0 Å². The summed E-state index contributed by atoms with van der Waals surface area (Å²) in [6.45, 7) is 3.08. The SMILES string of the molecule is CCCCCCCCCCCCCCNC(=O)CSc1ccccn1. The Labute approximate surface area is 158 Å². The largest absolute Gasteiger partial charge is 0.355 e. The molecule has 1 heterocycles. The van der Waals surface area contributed by atoms with E-state index in [1.807, 2.05) is 18.2 Å². The lowest BCUT2D eigenvalue weighted by Crippen LogP contribution is -2.26. The molecule has 4 heteroatoms. The number of aromatic nitrogens is 1. The zero-order valence-electron chi connectivity index (χ0n) is 16.0. The highest BCUT2D eigenvalue weighted by atomic mass is 32.2. The minimum absolute atomic E-state index is 0.110. The van der Waals surface area contributed by atoms with E-state index in [9.17, 15) is 4.79 Å². The van der Waals surface area contributed by atoms with E-state index in [-0.39, 0.29) is 5.91 Å². The topological polar surface area (TPSA) is 42.0 Å². The molecule has 25 heavy (non-hydrogen) atoms. The molecule has 0 spiro atoms. The second kappa shape index (κ2) is 16.4. The second-order valence-corrected chi connectivity index (χ2v) is 7.69. The number of pyridine rings is 1. The maximum absolute atomic E-state index is 11.8. The van der Waals surface area contributed by atoms with Crippen molar-refractivity contribution >= 4 is 17.7 Å². The molecule has 0 saturated heterocycles. The monoisotopic (exact) mass is 364 g/mol. The number of amides is 1. The van der Waals surface area contributed by atoms with Gasteiger partial charge in [-0.05, 0) is 18.6 Å². The van der Waals surface area contributed by atoms with Crippen molar-refractivity contribution in [1.29, 1.82) is 0 Å². The van der Waals surface area contributed by atoms with Crippen LogP contribution in [0.3, 0.4) is 0 Å². The third-order valence-electron chi connectivity index (χ3n) is 4.34. The standard InChI is InChI=1S/C21H36N2OS/c1-2-3-4-5-6-7-8-9-10-11-12-14-17-22-20(24)19-25-21-16-13-15-18-23-21/h13,15-16,18H,2-12,14,17,19H2,1H3,(H,22,24). The molecule has 0 aliphatic heterocycles. The molecule has 0 aromatic carbocycles. The summed E-state index contributed by atoms with van der Waals surface area (Å²) in [5.41, 5.74) is 0.